The summed E-state index contributed by atoms with van der Waals surface area (Å²) in [5.74, 6) is -1.47. The zero-order chi connectivity index (χ0) is 18.0. The van der Waals surface area contributed by atoms with Gasteiger partial charge in [-0.3, -0.25) is 0 Å². The van der Waals surface area contributed by atoms with Crippen LogP contribution < -0.4 is 5.63 Å². The van der Waals surface area contributed by atoms with Gasteiger partial charge in [0.1, 0.15) is 18.0 Å². The maximum Gasteiger partial charge on any atom is 0.341 e. The first kappa shape index (κ1) is 17.4. The predicted octanol–water partition coefficient (Wildman–Crippen LogP) is 4.61. The van der Waals surface area contributed by atoms with E-state index >= 15 is 0 Å². The molecule has 0 bridgehead atoms. The van der Waals surface area contributed by atoms with Crippen LogP contribution in [-0.2, 0) is 17.8 Å². The van der Waals surface area contributed by atoms with Crippen molar-refractivity contribution in [1.29, 1.82) is 0 Å². The van der Waals surface area contributed by atoms with Crippen molar-refractivity contribution < 1.29 is 18.3 Å². The van der Waals surface area contributed by atoms with Crippen molar-refractivity contribution in [3.05, 3.63) is 79.9 Å². The molecule has 0 spiro atoms. The summed E-state index contributed by atoms with van der Waals surface area (Å²) in [6, 6.07) is 10.9. The van der Waals surface area contributed by atoms with Gasteiger partial charge < -0.3 is 9.15 Å². The Bertz CT molecular complexity index is 1010. The fourth-order valence-corrected chi connectivity index (χ4v) is 2.82. The second-order valence-electron chi connectivity index (χ2n) is 5.48. The van der Waals surface area contributed by atoms with Crippen molar-refractivity contribution >= 4 is 32.9 Å². The van der Waals surface area contributed by atoms with Crippen molar-refractivity contribution in [3.8, 4) is 0 Å². The molecule has 1 heterocycles. The lowest BCUT2D eigenvalue weighted by molar-refractivity contribution is 0.0468. The van der Waals surface area contributed by atoms with Crippen LogP contribution in [0.5, 0.6) is 0 Å². The molecule has 1 aromatic heterocycles. The molecule has 0 fully saturated rings. The standard InChI is InChI=1S/C19H14BrFO4/c1-2-11-3-5-14-12(8-18(22)25-17(14)7-11)10-24-19(23)15-6-4-13(20)9-16(15)21/h3-9H,2,10H2,1H3. The quantitative estimate of drug-likeness (QED) is 0.470. The van der Waals surface area contributed by atoms with E-state index in [-0.39, 0.29) is 12.2 Å². The molecule has 0 amide bonds. The average Bonchev–Trinajstić information content (AvgIpc) is 2.58. The largest absolute Gasteiger partial charge is 0.457 e. The topological polar surface area (TPSA) is 56.5 Å². The maximum atomic E-state index is 13.8. The van der Waals surface area contributed by atoms with Crippen molar-refractivity contribution in [3.63, 3.8) is 0 Å². The van der Waals surface area contributed by atoms with Crippen LogP contribution in [0.4, 0.5) is 4.39 Å². The molecule has 0 aliphatic heterocycles. The van der Waals surface area contributed by atoms with Gasteiger partial charge in [-0.1, -0.05) is 35.0 Å². The number of aryl methyl sites for hydroxylation is 1. The Morgan fingerprint density at radius 3 is 2.72 bits per heavy atom. The minimum atomic E-state index is -0.795. The lowest BCUT2D eigenvalue weighted by atomic mass is 10.1. The molecule has 25 heavy (non-hydrogen) atoms. The molecule has 0 radical (unpaired) electrons. The minimum Gasteiger partial charge on any atom is -0.457 e. The normalized spacial score (nSPS) is 10.8. The monoisotopic (exact) mass is 404 g/mol. The number of carbonyl (C=O) groups is 1. The van der Waals surface area contributed by atoms with Crippen LogP contribution in [0, 0.1) is 5.82 Å². The molecule has 4 nitrogen and oxygen atoms in total. The Morgan fingerprint density at radius 2 is 2.00 bits per heavy atom. The summed E-state index contributed by atoms with van der Waals surface area (Å²) < 4.78 is 24.7. The molecular formula is C19H14BrFO4. The molecule has 0 atom stereocenters. The van der Waals surface area contributed by atoms with Gasteiger partial charge in [-0.2, -0.15) is 0 Å². The zero-order valence-corrected chi connectivity index (χ0v) is 14.9. The summed E-state index contributed by atoms with van der Waals surface area (Å²) in [6.07, 6.45) is 0.807. The second-order valence-corrected chi connectivity index (χ2v) is 6.39. The third-order valence-electron chi connectivity index (χ3n) is 3.81. The van der Waals surface area contributed by atoms with Crippen LogP contribution in [0.1, 0.15) is 28.4 Å². The average molecular weight is 405 g/mol. The van der Waals surface area contributed by atoms with E-state index in [4.69, 9.17) is 9.15 Å². The van der Waals surface area contributed by atoms with Crippen LogP contribution in [0.25, 0.3) is 11.0 Å². The van der Waals surface area contributed by atoms with Gasteiger partial charge in [0.15, 0.2) is 0 Å². The highest BCUT2D eigenvalue weighted by atomic mass is 79.9. The minimum absolute atomic E-state index is 0.151. The number of halogens is 2. The molecule has 2 aromatic carbocycles. The fraction of sp³-hybridized carbons (Fsp3) is 0.158. The van der Waals surface area contributed by atoms with Crippen LogP contribution >= 0.6 is 15.9 Å². The molecule has 6 heteroatoms. The third-order valence-corrected chi connectivity index (χ3v) is 4.31. The number of fused-ring (bicyclic) bond motifs is 1. The number of rotatable bonds is 4. The van der Waals surface area contributed by atoms with E-state index in [1.54, 1.807) is 12.1 Å². The number of carbonyl (C=O) groups excluding carboxylic acids is 1. The molecule has 128 valence electrons. The molecule has 3 rings (SSSR count). The fourth-order valence-electron chi connectivity index (χ4n) is 2.49. The van der Waals surface area contributed by atoms with Gasteiger partial charge in [-0.25, -0.2) is 14.0 Å². The lowest BCUT2D eigenvalue weighted by Gasteiger charge is -2.09. The van der Waals surface area contributed by atoms with Crippen LogP contribution in [0.15, 0.2) is 56.1 Å². The summed E-state index contributed by atoms with van der Waals surface area (Å²) in [4.78, 5) is 23.8. The Kier molecular flexibility index (Phi) is 4.99. The second kappa shape index (κ2) is 7.19. The van der Waals surface area contributed by atoms with Crippen molar-refractivity contribution in [2.45, 2.75) is 20.0 Å². The van der Waals surface area contributed by atoms with E-state index in [0.29, 0.717) is 21.0 Å². The van der Waals surface area contributed by atoms with Gasteiger partial charge >= 0.3 is 11.6 Å². The molecule has 0 saturated heterocycles. The highest BCUT2D eigenvalue weighted by Gasteiger charge is 2.15. The first-order valence-corrected chi connectivity index (χ1v) is 8.45. The molecule has 0 N–H and O–H groups in total. The lowest BCUT2D eigenvalue weighted by Crippen LogP contribution is -2.09. The van der Waals surface area contributed by atoms with E-state index in [9.17, 15) is 14.0 Å². The van der Waals surface area contributed by atoms with Gasteiger partial charge in [-0.05, 0) is 36.2 Å². The Morgan fingerprint density at radius 1 is 1.20 bits per heavy atom. The van der Waals surface area contributed by atoms with Crippen LogP contribution in [-0.4, -0.2) is 5.97 Å². The van der Waals surface area contributed by atoms with Gasteiger partial charge in [0, 0.05) is 21.5 Å². The van der Waals surface area contributed by atoms with Crippen molar-refractivity contribution in [2.24, 2.45) is 0 Å². The summed E-state index contributed by atoms with van der Waals surface area (Å²) in [6.45, 7) is 1.85. The molecule has 0 aliphatic carbocycles. The summed E-state index contributed by atoms with van der Waals surface area (Å²) in [7, 11) is 0. The number of hydrogen-bond donors (Lipinski definition) is 0. The predicted molar refractivity (Wildman–Crippen MR) is 95.1 cm³/mol. The van der Waals surface area contributed by atoms with E-state index < -0.39 is 17.4 Å². The Labute approximate surface area is 151 Å². The molecule has 0 aliphatic rings. The highest BCUT2D eigenvalue weighted by molar-refractivity contribution is 9.10. The van der Waals surface area contributed by atoms with E-state index in [1.807, 2.05) is 19.1 Å². The molecule has 0 saturated carbocycles. The van der Waals surface area contributed by atoms with Crippen LogP contribution in [0.3, 0.4) is 0 Å². The van der Waals surface area contributed by atoms with Crippen LogP contribution in [0.2, 0.25) is 0 Å². The Hall–Kier alpha value is -2.47. The highest BCUT2D eigenvalue weighted by Crippen LogP contribution is 2.21. The Balaban J connectivity index is 1.88. The summed E-state index contributed by atoms with van der Waals surface area (Å²) >= 11 is 3.13. The van der Waals surface area contributed by atoms with E-state index in [0.717, 1.165) is 12.0 Å². The van der Waals surface area contributed by atoms with Gasteiger partial charge in [0.05, 0.1) is 5.56 Å². The maximum absolute atomic E-state index is 13.8. The van der Waals surface area contributed by atoms with E-state index in [2.05, 4.69) is 15.9 Å². The first-order valence-electron chi connectivity index (χ1n) is 7.65. The smallest absolute Gasteiger partial charge is 0.341 e. The number of hydrogen-bond acceptors (Lipinski definition) is 4. The first-order chi connectivity index (χ1) is 12.0. The molecule has 3 aromatic rings. The zero-order valence-electron chi connectivity index (χ0n) is 13.3. The van der Waals surface area contributed by atoms with E-state index in [1.165, 1.54) is 18.2 Å². The van der Waals surface area contributed by atoms with Gasteiger partial charge in [0.2, 0.25) is 0 Å². The number of benzene rings is 2. The van der Waals surface area contributed by atoms with Crippen molar-refractivity contribution in [1.82, 2.24) is 0 Å². The summed E-state index contributed by atoms with van der Waals surface area (Å²) in [5.41, 5.74) is 1.29. The third kappa shape index (κ3) is 3.79. The summed E-state index contributed by atoms with van der Waals surface area (Å²) in [5, 5.41) is 0.681. The van der Waals surface area contributed by atoms with Gasteiger partial charge in [-0.15, -0.1) is 0 Å². The molecular weight excluding hydrogens is 391 g/mol. The van der Waals surface area contributed by atoms with Gasteiger partial charge in [0.25, 0.3) is 0 Å². The SMILES string of the molecule is CCc1ccc2c(COC(=O)c3ccc(Br)cc3F)cc(=O)oc2c1. The molecule has 0 unspecified atom stereocenters. The van der Waals surface area contributed by atoms with Crippen molar-refractivity contribution in [2.75, 3.05) is 0 Å². The number of ether oxygens (including phenoxy) is 1. The number of esters is 1.